The summed E-state index contributed by atoms with van der Waals surface area (Å²) >= 11 is 0. The minimum Gasteiger partial charge on any atom is -0.345 e. The number of aldehydes is 1. The van der Waals surface area contributed by atoms with E-state index in [9.17, 15) is 19.2 Å². The van der Waals surface area contributed by atoms with Crippen molar-refractivity contribution in [2.45, 2.75) is 84.8 Å². The van der Waals surface area contributed by atoms with Crippen LogP contribution in [0.15, 0.2) is 0 Å². The average Bonchev–Trinajstić information content (AvgIpc) is 2.63. The zero-order valence-electron chi connectivity index (χ0n) is 17.9. The maximum absolute atomic E-state index is 12.8. The Bertz CT molecular complexity index is 510. The lowest BCUT2D eigenvalue weighted by atomic mass is 9.96. The van der Waals surface area contributed by atoms with Gasteiger partial charge in [0.15, 0.2) is 0 Å². The smallest absolute Gasteiger partial charge is 0.243 e. The summed E-state index contributed by atoms with van der Waals surface area (Å²) in [6.07, 6.45) is 3.87. The molecule has 8 nitrogen and oxygen atoms in total. The number of unbranched alkanes of at least 4 members (excludes halogenated alkanes) is 1. The molecule has 0 spiro atoms. The molecule has 0 radical (unpaired) electrons. The monoisotopic (exact) mass is 398 g/mol. The van der Waals surface area contributed by atoms with Crippen LogP contribution in [-0.2, 0) is 19.2 Å². The molecular weight excluding hydrogens is 360 g/mol. The van der Waals surface area contributed by atoms with Gasteiger partial charge in [0.1, 0.15) is 18.4 Å². The number of rotatable bonds is 14. The third-order valence-corrected chi connectivity index (χ3v) is 4.66. The van der Waals surface area contributed by atoms with Crippen LogP contribution in [0.4, 0.5) is 0 Å². The van der Waals surface area contributed by atoms with Crippen LogP contribution in [0.25, 0.3) is 0 Å². The second-order valence-electron chi connectivity index (χ2n) is 7.79. The Labute approximate surface area is 168 Å². The third kappa shape index (κ3) is 10.4. The van der Waals surface area contributed by atoms with Gasteiger partial charge >= 0.3 is 0 Å². The van der Waals surface area contributed by atoms with E-state index >= 15 is 0 Å². The number of carbonyl (C=O) groups excluding carboxylic acids is 4. The van der Waals surface area contributed by atoms with Gasteiger partial charge in [0.25, 0.3) is 0 Å². The van der Waals surface area contributed by atoms with E-state index in [1.807, 2.05) is 27.7 Å². The number of nitrogens with two attached hydrogens (primary N) is 1. The Morgan fingerprint density at radius 1 is 1.00 bits per heavy atom. The van der Waals surface area contributed by atoms with E-state index in [-0.39, 0.29) is 17.7 Å². The van der Waals surface area contributed by atoms with Crippen molar-refractivity contribution in [3.63, 3.8) is 0 Å². The minimum atomic E-state index is -0.773. The Morgan fingerprint density at radius 2 is 1.64 bits per heavy atom. The van der Waals surface area contributed by atoms with Crippen LogP contribution >= 0.6 is 0 Å². The summed E-state index contributed by atoms with van der Waals surface area (Å²) in [4.78, 5) is 48.2. The number of nitrogens with one attached hydrogen (secondary N) is 3. The normalized spacial score (nSPS) is 15.2. The van der Waals surface area contributed by atoms with Crippen LogP contribution in [0.2, 0.25) is 0 Å². The quantitative estimate of drug-likeness (QED) is 0.255. The molecule has 162 valence electrons. The molecule has 0 aromatic carbocycles. The van der Waals surface area contributed by atoms with Crippen LogP contribution in [0.3, 0.4) is 0 Å². The molecule has 0 aromatic rings. The molecule has 4 atom stereocenters. The SMILES string of the molecule is CC[C@H](C)[C@H](NC(C)=O)C(=O)N[C@@H](CC(C)C)C(=O)N[C@H](C=O)CCCCN. The predicted molar refractivity (Wildman–Crippen MR) is 109 cm³/mol. The van der Waals surface area contributed by atoms with E-state index in [4.69, 9.17) is 5.73 Å². The van der Waals surface area contributed by atoms with Gasteiger partial charge in [-0.15, -0.1) is 0 Å². The molecule has 0 aliphatic heterocycles. The molecule has 0 aromatic heterocycles. The summed E-state index contributed by atoms with van der Waals surface area (Å²) in [6.45, 7) is 9.59. The molecule has 0 aliphatic carbocycles. The standard InChI is InChI=1S/C20H38N4O4/c1-6-14(4)18(22-15(5)26)20(28)24-17(11-13(2)3)19(27)23-16(12-25)9-7-8-10-21/h12-14,16-18H,6-11,21H2,1-5H3,(H,22,26)(H,23,27)(H,24,28)/t14-,16-,17-,18-/m0/s1. The van der Waals surface area contributed by atoms with Gasteiger partial charge in [-0.1, -0.05) is 34.1 Å². The van der Waals surface area contributed by atoms with Crippen LogP contribution < -0.4 is 21.7 Å². The first kappa shape index (κ1) is 26.0. The first-order valence-corrected chi connectivity index (χ1v) is 10.2. The van der Waals surface area contributed by atoms with Crippen LogP contribution in [0.1, 0.15) is 66.7 Å². The number of hydrogen-bond acceptors (Lipinski definition) is 5. The molecule has 0 saturated carbocycles. The predicted octanol–water partition coefficient (Wildman–Crippen LogP) is 0.881. The summed E-state index contributed by atoms with van der Waals surface area (Å²) in [5, 5.41) is 8.14. The van der Waals surface area contributed by atoms with Crippen molar-refractivity contribution >= 4 is 24.0 Å². The van der Waals surface area contributed by atoms with Gasteiger partial charge in [-0.3, -0.25) is 14.4 Å². The summed E-state index contributed by atoms with van der Waals surface area (Å²) in [5.74, 6) is -1.00. The summed E-state index contributed by atoms with van der Waals surface area (Å²) in [7, 11) is 0. The summed E-state index contributed by atoms with van der Waals surface area (Å²) < 4.78 is 0. The molecule has 0 unspecified atom stereocenters. The Morgan fingerprint density at radius 3 is 2.11 bits per heavy atom. The number of amides is 3. The Hall–Kier alpha value is -1.96. The van der Waals surface area contributed by atoms with Crippen LogP contribution in [-0.4, -0.2) is 48.7 Å². The van der Waals surface area contributed by atoms with E-state index in [1.54, 1.807) is 0 Å². The Kier molecular flexibility index (Phi) is 13.1. The highest BCUT2D eigenvalue weighted by molar-refractivity contribution is 5.92. The van der Waals surface area contributed by atoms with Gasteiger partial charge in [0, 0.05) is 6.92 Å². The molecule has 0 saturated heterocycles. The lowest BCUT2D eigenvalue weighted by Gasteiger charge is -2.27. The molecule has 0 heterocycles. The van der Waals surface area contributed by atoms with Crippen molar-refractivity contribution in [1.29, 1.82) is 0 Å². The van der Waals surface area contributed by atoms with Crippen LogP contribution in [0, 0.1) is 11.8 Å². The van der Waals surface area contributed by atoms with Crippen molar-refractivity contribution in [2.75, 3.05) is 6.54 Å². The van der Waals surface area contributed by atoms with E-state index in [0.29, 0.717) is 32.1 Å². The van der Waals surface area contributed by atoms with Crippen molar-refractivity contribution in [3.05, 3.63) is 0 Å². The van der Waals surface area contributed by atoms with Gasteiger partial charge < -0.3 is 26.5 Å². The maximum Gasteiger partial charge on any atom is 0.243 e. The third-order valence-electron chi connectivity index (χ3n) is 4.66. The molecule has 0 fully saturated rings. The highest BCUT2D eigenvalue weighted by atomic mass is 16.2. The first-order valence-electron chi connectivity index (χ1n) is 10.2. The zero-order chi connectivity index (χ0) is 21.7. The van der Waals surface area contributed by atoms with Gasteiger partial charge in [-0.05, 0) is 44.1 Å². The second-order valence-corrected chi connectivity index (χ2v) is 7.79. The van der Waals surface area contributed by atoms with Crippen molar-refractivity contribution in [3.8, 4) is 0 Å². The fourth-order valence-corrected chi connectivity index (χ4v) is 2.85. The van der Waals surface area contributed by atoms with Gasteiger partial charge in [0.05, 0.1) is 6.04 Å². The van der Waals surface area contributed by atoms with Crippen molar-refractivity contribution in [1.82, 2.24) is 16.0 Å². The molecule has 8 heteroatoms. The molecule has 0 aliphatic rings. The lowest BCUT2D eigenvalue weighted by molar-refractivity contribution is -0.133. The van der Waals surface area contributed by atoms with Gasteiger partial charge in [0.2, 0.25) is 17.7 Å². The summed E-state index contributed by atoms with van der Waals surface area (Å²) in [6, 6.07) is -2.09. The zero-order valence-corrected chi connectivity index (χ0v) is 17.9. The molecule has 5 N–H and O–H groups in total. The van der Waals surface area contributed by atoms with Crippen LogP contribution in [0.5, 0.6) is 0 Å². The van der Waals surface area contributed by atoms with Gasteiger partial charge in [-0.2, -0.15) is 0 Å². The van der Waals surface area contributed by atoms with Gasteiger partial charge in [-0.25, -0.2) is 0 Å². The fourth-order valence-electron chi connectivity index (χ4n) is 2.85. The number of hydrogen-bond donors (Lipinski definition) is 4. The van der Waals surface area contributed by atoms with Crippen molar-refractivity contribution < 1.29 is 19.2 Å². The van der Waals surface area contributed by atoms with E-state index < -0.39 is 29.9 Å². The largest absolute Gasteiger partial charge is 0.345 e. The number of carbonyl (C=O) groups is 4. The highest BCUT2D eigenvalue weighted by Crippen LogP contribution is 2.11. The maximum atomic E-state index is 12.8. The Balaban J connectivity index is 5.16. The molecule has 0 rings (SSSR count). The average molecular weight is 399 g/mol. The fraction of sp³-hybridized carbons (Fsp3) is 0.800. The first-order chi connectivity index (χ1) is 13.2. The van der Waals surface area contributed by atoms with Crippen molar-refractivity contribution in [2.24, 2.45) is 17.6 Å². The summed E-state index contributed by atoms with van der Waals surface area (Å²) in [5.41, 5.74) is 5.46. The second kappa shape index (κ2) is 14.1. The van der Waals surface area contributed by atoms with E-state index in [1.165, 1.54) is 6.92 Å². The minimum absolute atomic E-state index is 0.0781. The topological polar surface area (TPSA) is 130 Å². The molecule has 3 amide bonds. The molecule has 0 bridgehead atoms. The highest BCUT2D eigenvalue weighted by Gasteiger charge is 2.30. The van der Waals surface area contributed by atoms with E-state index in [2.05, 4.69) is 16.0 Å². The molecular formula is C20H38N4O4. The molecule has 28 heavy (non-hydrogen) atoms. The van der Waals surface area contributed by atoms with E-state index in [0.717, 1.165) is 12.8 Å². The lowest BCUT2D eigenvalue weighted by Crippen LogP contribution is -2.56.